The molecule has 0 aliphatic carbocycles. The zero-order valence-electron chi connectivity index (χ0n) is 18.8. The molecule has 0 atom stereocenters. The Morgan fingerprint density at radius 1 is 1.06 bits per heavy atom. The summed E-state index contributed by atoms with van der Waals surface area (Å²) in [5.74, 6) is 0.709. The number of methoxy groups -OCH3 is 1. The molecule has 1 amide bonds. The van der Waals surface area contributed by atoms with Crippen molar-refractivity contribution in [1.82, 2.24) is 10.3 Å². The first kappa shape index (κ1) is 22.6. The van der Waals surface area contributed by atoms with Crippen molar-refractivity contribution in [2.75, 3.05) is 33.4 Å². The molecule has 7 heteroatoms. The highest BCUT2D eigenvalue weighted by molar-refractivity contribution is 6.01. The van der Waals surface area contributed by atoms with Crippen LogP contribution in [-0.2, 0) is 0 Å². The van der Waals surface area contributed by atoms with E-state index in [1.54, 1.807) is 25.3 Å². The molecule has 33 heavy (non-hydrogen) atoms. The van der Waals surface area contributed by atoms with Gasteiger partial charge in [-0.2, -0.15) is 5.10 Å². The van der Waals surface area contributed by atoms with Gasteiger partial charge in [-0.25, -0.2) is 5.43 Å². The van der Waals surface area contributed by atoms with E-state index < -0.39 is 5.91 Å². The first-order valence-electron chi connectivity index (χ1n) is 11.2. The number of fused-ring (bicyclic) bond motifs is 1. The van der Waals surface area contributed by atoms with Gasteiger partial charge in [0.25, 0.3) is 5.91 Å². The number of benzene rings is 3. The minimum atomic E-state index is -0.487. The third-order valence-corrected chi connectivity index (χ3v) is 5.79. The molecule has 0 saturated carbocycles. The lowest BCUT2D eigenvalue weighted by atomic mass is 10.1. The van der Waals surface area contributed by atoms with E-state index in [9.17, 15) is 9.90 Å². The van der Waals surface area contributed by atoms with Crippen LogP contribution in [0.5, 0.6) is 17.2 Å². The lowest BCUT2D eigenvalue weighted by Crippen LogP contribution is -2.33. The molecule has 3 aromatic rings. The SMILES string of the molecule is COc1cc(/C=N/NC(=O)c2cc3ccccc3cc2O)ccc1OCCN1CCCCC1. The van der Waals surface area contributed by atoms with Crippen molar-refractivity contribution in [3.63, 3.8) is 0 Å². The topological polar surface area (TPSA) is 83.4 Å². The van der Waals surface area contributed by atoms with E-state index in [0.29, 0.717) is 18.1 Å². The molecule has 172 valence electrons. The number of nitrogens with one attached hydrogen (secondary N) is 1. The largest absolute Gasteiger partial charge is 0.507 e. The smallest absolute Gasteiger partial charge is 0.275 e. The van der Waals surface area contributed by atoms with Gasteiger partial charge in [-0.3, -0.25) is 9.69 Å². The molecule has 0 unspecified atom stereocenters. The van der Waals surface area contributed by atoms with Crippen LogP contribution in [0.3, 0.4) is 0 Å². The fourth-order valence-corrected chi connectivity index (χ4v) is 3.99. The van der Waals surface area contributed by atoms with Gasteiger partial charge in [-0.1, -0.05) is 30.7 Å². The normalized spacial score (nSPS) is 14.5. The number of phenols is 1. The Kier molecular flexibility index (Phi) is 7.42. The second-order valence-corrected chi connectivity index (χ2v) is 8.08. The van der Waals surface area contributed by atoms with Gasteiger partial charge in [-0.15, -0.1) is 0 Å². The van der Waals surface area contributed by atoms with Crippen molar-refractivity contribution in [3.8, 4) is 17.2 Å². The third kappa shape index (κ3) is 5.81. The molecular formula is C26H29N3O4. The molecule has 0 aromatic heterocycles. The number of phenolic OH excluding ortho intramolecular Hbond substituents is 1. The van der Waals surface area contributed by atoms with Crippen LogP contribution < -0.4 is 14.9 Å². The van der Waals surface area contributed by atoms with Gasteiger partial charge in [0.2, 0.25) is 0 Å². The summed E-state index contributed by atoms with van der Waals surface area (Å²) in [4.78, 5) is 14.9. The minimum absolute atomic E-state index is 0.0888. The van der Waals surface area contributed by atoms with Crippen molar-refractivity contribution in [1.29, 1.82) is 0 Å². The Morgan fingerprint density at radius 3 is 2.58 bits per heavy atom. The van der Waals surface area contributed by atoms with Crippen LogP contribution in [0, 0.1) is 0 Å². The number of rotatable bonds is 8. The molecule has 2 N–H and O–H groups in total. The van der Waals surface area contributed by atoms with E-state index in [4.69, 9.17) is 9.47 Å². The molecule has 0 bridgehead atoms. The molecule has 4 rings (SSSR count). The maximum atomic E-state index is 12.5. The van der Waals surface area contributed by atoms with Crippen molar-refractivity contribution in [2.45, 2.75) is 19.3 Å². The zero-order chi connectivity index (χ0) is 23.0. The van der Waals surface area contributed by atoms with Gasteiger partial charge in [0.1, 0.15) is 12.4 Å². The Labute approximate surface area is 193 Å². The number of likely N-dealkylation sites (tertiary alicyclic amines) is 1. The fourth-order valence-electron chi connectivity index (χ4n) is 3.99. The molecule has 0 radical (unpaired) electrons. The van der Waals surface area contributed by atoms with E-state index in [0.717, 1.165) is 36.0 Å². The molecule has 0 spiro atoms. The minimum Gasteiger partial charge on any atom is -0.507 e. The number of hydrogen-bond acceptors (Lipinski definition) is 6. The van der Waals surface area contributed by atoms with Gasteiger partial charge in [-0.05, 0) is 72.6 Å². The molecular weight excluding hydrogens is 418 g/mol. The summed E-state index contributed by atoms with van der Waals surface area (Å²) < 4.78 is 11.4. The molecule has 1 aliphatic heterocycles. The van der Waals surface area contributed by atoms with E-state index in [1.165, 1.54) is 25.5 Å². The first-order chi connectivity index (χ1) is 16.1. The number of hydrazone groups is 1. The van der Waals surface area contributed by atoms with Crippen molar-refractivity contribution in [3.05, 3.63) is 65.7 Å². The average molecular weight is 448 g/mol. The van der Waals surface area contributed by atoms with Gasteiger partial charge >= 0.3 is 0 Å². The summed E-state index contributed by atoms with van der Waals surface area (Å²) in [7, 11) is 1.60. The second-order valence-electron chi connectivity index (χ2n) is 8.08. The van der Waals surface area contributed by atoms with Gasteiger partial charge < -0.3 is 14.6 Å². The Hall–Kier alpha value is -3.58. The molecule has 1 aliphatic rings. The monoisotopic (exact) mass is 447 g/mol. The molecule has 1 heterocycles. The lowest BCUT2D eigenvalue weighted by Gasteiger charge is -2.26. The maximum Gasteiger partial charge on any atom is 0.275 e. The summed E-state index contributed by atoms with van der Waals surface area (Å²) >= 11 is 0. The number of carbonyl (C=O) groups is 1. The standard InChI is InChI=1S/C26H29N3O4/c1-32-25-15-19(9-10-24(25)33-14-13-29-11-5-2-6-12-29)18-27-28-26(31)22-16-20-7-3-4-8-21(20)17-23(22)30/h3-4,7-10,15-18,30H,2,5-6,11-14H2,1H3,(H,28,31)/b27-18+. The number of ether oxygens (including phenoxy) is 2. The summed E-state index contributed by atoms with van der Waals surface area (Å²) in [5.41, 5.74) is 3.38. The van der Waals surface area contributed by atoms with Crippen molar-refractivity contribution < 1.29 is 19.4 Å². The number of aromatic hydroxyl groups is 1. The highest BCUT2D eigenvalue weighted by atomic mass is 16.5. The van der Waals surface area contributed by atoms with Gasteiger partial charge in [0, 0.05) is 6.54 Å². The maximum absolute atomic E-state index is 12.5. The highest BCUT2D eigenvalue weighted by Gasteiger charge is 2.13. The van der Waals surface area contributed by atoms with Crippen molar-refractivity contribution in [2.24, 2.45) is 5.10 Å². The van der Waals surface area contributed by atoms with Gasteiger partial charge in [0.05, 0.1) is 18.9 Å². The van der Waals surface area contributed by atoms with E-state index in [2.05, 4.69) is 15.4 Å². The zero-order valence-corrected chi connectivity index (χ0v) is 18.8. The summed E-state index contributed by atoms with van der Waals surface area (Å²) in [6.45, 7) is 3.78. The molecule has 1 saturated heterocycles. The van der Waals surface area contributed by atoms with E-state index in [-0.39, 0.29) is 11.3 Å². The summed E-state index contributed by atoms with van der Waals surface area (Å²) in [6, 6.07) is 16.2. The van der Waals surface area contributed by atoms with Crippen LogP contribution in [0.4, 0.5) is 0 Å². The van der Waals surface area contributed by atoms with Crippen LogP contribution in [0.15, 0.2) is 59.7 Å². The third-order valence-electron chi connectivity index (χ3n) is 5.79. The van der Waals surface area contributed by atoms with Crippen LogP contribution in [0.25, 0.3) is 10.8 Å². The quantitative estimate of drug-likeness (QED) is 0.400. The Balaban J connectivity index is 1.35. The Morgan fingerprint density at radius 2 is 1.82 bits per heavy atom. The predicted octanol–water partition coefficient (Wildman–Crippen LogP) is 4.18. The summed E-state index contributed by atoms with van der Waals surface area (Å²) in [6.07, 6.45) is 5.36. The number of nitrogens with zero attached hydrogens (tertiary/aromatic N) is 2. The number of carbonyl (C=O) groups excluding carboxylic acids is 1. The fraction of sp³-hybridized carbons (Fsp3) is 0.308. The number of amides is 1. The average Bonchev–Trinajstić information content (AvgIpc) is 2.84. The van der Waals surface area contributed by atoms with Crippen LogP contribution in [0.1, 0.15) is 35.2 Å². The summed E-state index contributed by atoms with van der Waals surface area (Å²) in [5, 5.41) is 16.0. The van der Waals surface area contributed by atoms with Crippen molar-refractivity contribution >= 4 is 22.9 Å². The predicted molar refractivity (Wildman–Crippen MR) is 129 cm³/mol. The second kappa shape index (κ2) is 10.8. The molecule has 7 nitrogen and oxygen atoms in total. The van der Waals surface area contributed by atoms with Crippen LogP contribution >= 0.6 is 0 Å². The highest BCUT2D eigenvalue weighted by Crippen LogP contribution is 2.28. The lowest BCUT2D eigenvalue weighted by molar-refractivity contribution is 0.0952. The number of piperidine rings is 1. The molecule has 1 fully saturated rings. The number of hydrogen-bond donors (Lipinski definition) is 2. The Bertz CT molecular complexity index is 1140. The van der Waals surface area contributed by atoms with Gasteiger partial charge in [0.15, 0.2) is 11.5 Å². The van der Waals surface area contributed by atoms with E-state index in [1.807, 2.05) is 36.4 Å². The molecule has 3 aromatic carbocycles. The van der Waals surface area contributed by atoms with E-state index >= 15 is 0 Å². The van der Waals surface area contributed by atoms with Crippen LogP contribution in [-0.4, -0.2) is 55.5 Å². The first-order valence-corrected chi connectivity index (χ1v) is 11.2. The van der Waals surface area contributed by atoms with Crippen LogP contribution in [0.2, 0.25) is 0 Å².